The molecule has 0 atom stereocenters. The van der Waals surface area contributed by atoms with Gasteiger partial charge in [0.1, 0.15) is 5.82 Å². The number of nitrogens with zero attached hydrogens (tertiary/aromatic N) is 1. The molecule has 0 aliphatic heterocycles. The van der Waals surface area contributed by atoms with Gasteiger partial charge in [0.2, 0.25) is 0 Å². The zero-order chi connectivity index (χ0) is 8.81. The summed E-state index contributed by atoms with van der Waals surface area (Å²) >= 11 is 0. The second kappa shape index (κ2) is 4.72. The molecule has 0 unspecified atom stereocenters. The van der Waals surface area contributed by atoms with Crippen LogP contribution >= 0.6 is 0 Å². The topological polar surface area (TPSA) is 48.1 Å². The molecule has 0 saturated heterocycles. The number of pyridine rings is 1. The lowest BCUT2D eigenvalue weighted by Gasteiger charge is -2.00. The van der Waals surface area contributed by atoms with Crippen molar-refractivity contribution in [1.82, 2.24) is 4.98 Å². The third-order valence-corrected chi connectivity index (χ3v) is 1.66. The maximum Gasteiger partial charge on any atom is 0.123 e. The number of rotatable bonds is 4. The van der Waals surface area contributed by atoms with Crippen molar-refractivity contribution in [3.8, 4) is 0 Å². The van der Waals surface area contributed by atoms with E-state index in [1.165, 1.54) is 5.56 Å². The Morgan fingerprint density at radius 1 is 1.58 bits per heavy atom. The first kappa shape index (κ1) is 9.00. The molecule has 0 aliphatic carbocycles. The molecule has 12 heavy (non-hydrogen) atoms. The second-order valence-corrected chi connectivity index (χ2v) is 2.69. The highest BCUT2D eigenvalue weighted by atomic mass is 16.5. The molecule has 0 aliphatic rings. The van der Waals surface area contributed by atoms with Gasteiger partial charge < -0.3 is 10.5 Å². The molecule has 0 spiro atoms. The van der Waals surface area contributed by atoms with E-state index in [4.69, 9.17) is 10.5 Å². The quantitative estimate of drug-likeness (QED) is 0.685. The molecule has 66 valence electrons. The van der Waals surface area contributed by atoms with Gasteiger partial charge in [0.25, 0.3) is 0 Å². The maximum absolute atomic E-state index is 5.52. The van der Waals surface area contributed by atoms with E-state index in [-0.39, 0.29) is 0 Å². The predicted molar refractivity (Wildman–Crippen MR) is 48.8 cm³/mol. The monoisotopic (exact) mass is 166 g/mol. The zero-order valence-electron chi connectivity index (χ0n) is 7.29. The van der Waals surface area contributed by atoms with Gasteiger partial charge in [0, 0.05) is 19.9 Å². The first-order valence-corrected chi connectivity index (χ1v) is 4.02. The van der Waals surface area contributed by atoms with E-state index in [1.54, 1.807) is 13.3 Å². The van der Waals surface area contributed by atoms with Gasteiger partial charge in [0.15, 0.2) is 0 Å². The molecule has 0 fully saturated rings. The summed E-state index contributed by atoms with van der Waals surface area (Å²) in [7, 11) is 1.71. The van der Waals surface area contributed by atoms with Crippen LogP contribution in [0, 0.1) is 0 Å². The number of methoxy groups -OCH3 is 1. The number of aryl methyl sites for hydroxylation is 1. The highest BCUT2D eigenvalue weighted by Gasteiger charge is 1.93. The van der Waals surface area contributed by atoms with E-state index in [9.17, 15) is 0 Å². The Morgan fingerprint density at radius 3 is 3.08 bits per heavy atom. The lowest BCUT2D eigenvalue weighted by Crippen LogP contribution is -1.95. The van der Waals surface area contributed by atoms with Gasteiger partial charge >= 0.3 is 0 Å². The van der Waals surface area contributed by atoms with Crippen LogP contribution in [0.15, 0.2) is 18.3 Å². The van der Waals surface area contributed by atoms with Crippen LogP contribution in [-0.4, -0.2) is 18.7 Å². The Kier molecular flexibility index (Phi) is 3.54. The fourth-order valence-electron chi connectivity index (χ4n) is 1.07. The Balaban J connectivity index is 2.41. The number of nitrogens with two attached hydrogens (primary N) is 1. The van der Waals surface area contributed by atoms with Crippen LogP contribution in [0.1, 0.15) is 12.0 Å². The van der Waals surface area contributed by atoms with E-state index in [0.717, 1.165) is 19.4 Å². The summed E-state index contributed by atoms with van der Waals surface area (Å²) < 4.78 is 4.95. The molecule has 3 nitrogen and oxygen atoms in total. The van der Waals surface area contributed by atoms with Crippen molar-refractivity contribution in [2.75, 3.05) is 19.5 Å². The minimum Gasteiger partial charge on any atom is -0.385 e. The van der Waals surface area contributed by atoms with E-state index in [1.807, 2.05) is 12.1 Å². The molecule has 0 aromatic carbocycles. The van der Waals surface area contributed by atoms with Gasteiger partial charge in [-0.3, -0.25) is 0 Å². The summed E-state index contributed by atoms with van der Waals surface area (Å²) in [5, 5.41) is 0. The third kappa shape index (κ3) is 2.88. The average Bonchev–Trinajstić information content (AvgIpc) is 2.05. The lowest BCUT2D eigenvalue weighted by atomic mass is 10.1. The van der Waals surface area contributed by atoms with E-state index < -0.39 is 0 Å². The van der Waals surface area contributed by atoms with Gasteiger partial charge in [0.05, 0.1) is 0 Å². The Hall–Kier alpha value is -1.09. The summed E-state index contributed by atoms with van der Waals surface area (Å²) in [6, 6.07) is 3.88. The van der Waals surface area contributed by atoms with Crippen LogP contribution in [0.2, 0.25) is 0 Å². The van der Waals surface area contributed by atoms with Crippen molar-refractivity contribution in [2.45, 2.75) is 12.8 Å². The van der Waals surface area contributed by atoms with Gasteiger partial charge in [-0.05, 0) is 30.5 Å². The predicted octanol–water partition coefficient (Wildman–Crippen LogP) is 1.24. The highest BCUT2D eigenvalue weighted by molar-refractivity contribution is 5.31. The molecule has 0 saturated carbocycles. The summed E-state index contributed by atoms with van der Waals surface area (Å²) in [5.74, 6) is 0.588. The number of aromatic nitrogens is 1. The molecule has 3 heteroatoms. The normalized spacial score (nSPS) is 10.1. The summed E-state index contributed by atoms with van der Waals surface area (Å²) in [6.07, 6.45) is 3.76. The van der Waals surface area contributed by atoms with Crippen molar-refractivity contribution in [2.24, 2.45) is 0 Å². The van der Waals surface area contributed by atoms with Crippen LogP contribution in [-0.2, 0) is 11.2 Å². The number of anilines is 1. The average molecular weight is 166 g/mol. The van der Waals surface area contributed by atoms with E-state index >= 15 is 0 Å². The van der Waals surface area contributed by atoms with Crippen LogP contribution in [0.3, 0.4) is 0 Å². The first-order valence-electron chi connectivity index (χ1n) is 4.02. The third-order valence-electron chi connectivity index (χ3n) is 1.66. The van der Waals surface area contributed by atoms with Gasteiger partial charge in [-0.15, -0.1) is 0 Å². The zero-order valence-corrected chi connectivity index (χ0v) is 7.29. The standard InChI is InChI=1S/C9H14N2O/c1-12-6-2-3-8-4-5-11-9(10)7-8/h4-5,7H,2-3,6H2,1H3,(H2,10,11). The van der Waals surface area contributed by atoms with Gasteiger partial charge in [-0.2, -0.15) is 0 Å². The molecular weight excluding hydrogens is 152 g/mol. The largest absolute Gasteiger partial charge is 0.385 e. The Bertz CT molecular complexity index is 238. The molecule has 0 amide bonds. The molecule has 0 radical (unpaired) electrons. The molecule has 1 rings (SSSR count). The Morgan fingerprint density at radius 2 is 2.42 bits per heavy atom. The number of hydrogen-bond donors (Lipinski definition) is 1. The number of hydrogen-bond acceptors (Lipinski definition) is 3. The van der Waals surface area contributed by atoms with Crippen LogP contribution in [0.5, 0.6) is 0 Å². The maximum atomic E-state index is 5.52. The summed E-state index contributed by atoms with van der Waals surface area (Å²) in [6.45, 7) is 0.794. The minimum atomic E-state index is 0.588. The smallest absolute Gasteiger partial charge is 0.123 e. The number of nitrogen functional groups attached to an aromatic ring is 1. The molecule has 2 N–H and O–H groups in total. The lowest BCUT2D eigenvalue weighted by molar-refractivity contribution is 0.195. The van der Waals surface area contributed by atoms with Crippen molar-refractivity contribution in [1.29, 1.82) is 0 Å². The fraction of sp³-hybridized carbons (Fsp3) is 0.444. The van der Waals surface area contributed by atoms with E-state index in [0.29, 0.717) is 5.82 Å². The van der Waals surface area contributed by atoms with Crippen molar-refractivity contribution in [3.05, 3.63) is 23.9 Å². The number of ether oxygens (including phenoxy) is 1. The molecular formula is C9H14N2O. The SMILES string of the molecule is COCCCc1ccnc(N)c1. The minimum absolute atomic E-state index is 0.588. The van der Waals surface area contributed by atoms with Crippen molar-refractivity contribution in [3.63, 3.8) is 0 Å². The first-order chi connectivity index (χ1) is 5.83. The fourth-order valence-corrected chi connectivity index (χ4v) is 1.07. The van der Waals surface area contributed by atoms with Crippen LogP contribution < -0.4 is 5.73 Å². The molecule has 1 aromatic heterocycles. The molecule has 1 aromatic rings. The van der Waals surface area contributed by atoms with Gasteiger partial charge in [-0.1, -0.05) is 0 Å². The molecule has 0 bridgehead atoms. The van der Waals surface area contributed by atoms with Gasteiger partial charge in [-0.25, -0.2) is 4.98 Å². The Labute approximate surface area is 72.6 Å². The van der Waals surface area contributed by atoms with E-state index in [2.05, 4.69) is 4.98 Å². The highest BCUT2D eigenvalue weighted by Crippen LogP contribution is 2.05. The van der Waals surface area contributed by atoms with Crippen LogP contribution in [0.25, 0.3) is 0 Å². The molecule has 1 heterocycles. The van der Waals surface area contributed by atoms with Crippen LogP contribution in [0.4, 0.5) is 5.82 Å². The van der Waals surface area contributed by atoms with Crippen molar-refractivity contribution < 1.29 is 4.74 Å². The second-order valence-electron chi connectivity index (χ2n) is 2.69. The summed E-state index contributed by atoms with van der Waals surface area (Å²) in [4.78, 5) is 3.91. The summed E-state index contributed by atoms with van der Waals surface area (Å²) in [5.41, 5.74) is 6.74. The van der Waals surface area contributed by atoms with Crippen molar-refractivity contribution >= 4 is 5.82 Å².